The van der Waals surface area contributed by atoms with Crippen LogP contribution in [0.2, 0.25) is 0 Å². The number of hydrogen-bond donors (Lipinski definition) is 1. The Balaban J connectivity index is 3.32. The van der Waals surface area contributed by atoms with Gasteiger partial charge >= 0.3 is 0 Å². The lowest BCUT2D eigenvalue weighted by atomic mass is 10.1. The summed E-state index contributed by atoms with van der Waals surface area (Å²) >= 11 is 4.86. The van der Waals surface area contributed by atoms with E-state index in [1.807, 2.05) is 0 Å². The Hall–Kier alpha value is -0.980. The molecule has 1 aromatic rings. The summed E-state index contributed by atoms with van der Waals surface area (Å²) in [4.78, 5) is 0.515. The molecule has 0 aromatic heterocycles. The second kappa shape index (κ2) is 4.48. The summed E-state index contributed by atoms with van der Waals surface area (Å²) < 4.78 is 24.8. The van der Waals surface area contributed by atoms with E-state index < -0.39 is 10.0 Å². The summed E-state index contributed by atoms with van der Waals surface area (Å²) in [5, 5.41) is 0. The average molecular weight is 258 g/mol. The van der Waals surface area contributed by atoms with Gasteiger partial charge in [0.15, 0.2) is 0 Å². The van der Waals surface area contributed by atoms with Crippen LogP contribution in [-0.4, -0.2) is 31.8 Å². The molecule has 0 radical (unpaired) electrons. The van der Waals surface area contributed by atoms with Gasteiger partial charge in [-0.05, 0) is 24.6 Å². The summed E-state index contributed by atoms with van der Waals surface area (Å²) in [5.74, 6) is 0. The van der Waals surface area contributed by atoms with Crippen LogP contribution < -0.4 is 5.73 Å². The summed E-state index contributed by atoms with van der Waals surface area (Å²) in [5.41, 5.74) is 6.97. The minimum Gasteiger partial charge on any atom is -0.389 e. The highest BCUT2D eigenvalue weighted by Gasteiger charge is 2.17. The molecule has 6 heteroatoms. The van der Waals surface area contributed by atoms with E-state index in [0.717, 1.165) is 5.56 Å². The molecule has 0 aliphatic rings. The molecule has 88 valence electrons. The van der Waals surface area contributed by atoms with E-state index in [-0.39, 0.29) is 9.88 Å². The van der Waals surface area contributed by atoms with Gasteiger partial charge in [0, 0.05) is 19.7 Å². The molecule has 1 rings (SSSR count). The highest BCUT2D eigenvalue weighted by molar-refractivity contribution is 7.89. The topological polar surface area (TPSA) is 63.4 Å². The van der Waals surface area contributed by atoms with Gasteiger partial charge in [-0.15, -0.1) is 0 Å². The molecule has 0 saturated heterocycles. The quantitative estimate of drug-likeness (QED) is 0.818. The van der Waals surface area contributed by atoms with Crippen molar-refractivity contribution < 1.29 is 8.42 Å². The van der Waals surface area contributed by atoms with Crippen molar-refractivity contribution in [1.29, 1.82) is 0 Å². The first-order chi connectivity index (χ1) is 7.26. The standard InChI is InChI=1S/C10H14N2O2S2/c1-7-6-8(16(13,14)12(2)3)4-5-9(7)10(11)15/h4-6H,1-3H3,(H2,11,15). The van der Waals surface area contributed by atoms with E-state index in [0.29, 0.717) is 5.56 Å². The Kier molecular flexibility index (Phi) is 3.67. The SMILES string of the molecule is Cc1cc(S(=O)(=O)N(C)C)ccc1C(N)=S. The van der Waals surface area contributed by atoms with E-state index in [4.69, 9.17) is 18.0 Å². The highest BCUT2D eigenvalue weighted by atomic mass is 32.2. The van der Waals surface area contributed by atoms with E-state index in [1.54, 1.807) is 19.1 Å². The first-order valence-electron chi connectivity index (χ1n) is 4.60. The molecule has 0 atom stereocenters. The highest BCUT2D eigenvalue weighted by Crippen LogP contribution is 2.17. The zero-order valence-electron chi connectivity index (χ0n) is 9.39. The zero-order chi connectivity index (χ0) is 12.5. The minimum absolute atomic E-state index is 0.245. The number of hydrogen-bond acceptors (Lipinski definition) is 3. The predicted octanol–water partition coefficient (Wildman–Crippen LogP) is 0.880. The van der Waals surface area contributed by atoms with Crippen LogP contribution in [0.4, 0.5) is 0 Å². The number of benzene rings is 1. The molecule has 0 aliphatic heterocycles. The molecule has 0 saturated carbocycles. The minimum atomic E-state index is -3.39. The normalized spacial score (nSPS) is 11.8. The van der Waals surface area contributed by atoms with Crippen LogP contribution in [0, 0.1) is 6.92 Å². The first-order valence-corrected chi connectivity index (χ1v) is 6.44. The Morgan fingerprint density at radius 3 is 2.31 bits per heavy atom. The third-order valence-electron chi connectivity index (χ3n) is 2.24. The van der Waals surface area contributed by atoms with Gasteiger partial charge in [0.05, 0.1) is 4.90 Å². The molecule has 16 heavy (non-hydrogen) atoms. The molecular weight excluding hydrogens is 244 g/mol. The van der Waals surface area contributed by atoms with Crippen LogP contribution >= 0.6 is 12.2 Å². The van der Waals surface area contributed by atoms with Crippen molar-refractivity contribution in [3.05, 3.63) is 29.3 Å². The molecule has 1 aromatic carbocycles. The summed E-state index contributed by atoms with van der Waals surface area (Å²) in [6.07, 6.45) is 0. The van der Waals surface area contributed by atoms with Crippen LogP contribution in [0.3, 0.4) is 0 Å². The average Bonchev–Trinajstić information content (AvgIpc) is 2.16. The lowest BCUT2D eigenvalue weighted by Crippen LogP contribution is -2.22. The Labute approximate surface area is 101 Å². The maximum Gasteiger partial charge on any atom is 0.242 e. The van der Waals surface area contributed by atoms with Crippen molar-refractivity contribution in [3.8, 4) is 0 Å². The summed E-state index contributed by atoms with van der Waals surface area (Å²) in [6, 6.07) is 4.72. The van der Waals surface area contributed by atoms with E-state index in [9.17, 15) is 8.42 Å². The van der Waals surface area contributed by atoms with Crippen molar-refractivity contribution in [2.75, 3.05) is 14.1 Å². The fourth-order valence-corrected chi connectivity index (χ4v) is 2.50. The molecule has 0 unspecified atom stereocenters. The third-order valence-corrected chi connectivity index (χ3v) is 4.27. The van der Waals surface area contributed by atoms with Gasteiger partial charge in [-0.25, -0.2) is 12.7 Å². The summed E-state index contributed by atoms with van der Waals surface area (Å²) in [6.45, 7) is 1.78. The number of thiocarbonyl (C=S) groups is 1. The monoisotopic (exact) mass is 258 g/mol. The van der Waals surface area contributed by atoms with E-state index in [2.05, 4.69) is 0 Å². The molecule has 0 aliphatic carbocycles. The molecule has 4 nitrogen and oxygen atoms in total. The lowest BCUT2D eigenvalue weighted by molar-refractivity contribution is 0.520. The molecular formula is C10H14N2O2S2. The van der Waals surface area contributed by atoms with Crippen LogP contribution in [0.5, 0.6) is 0 Å². The Morgan fingerprint density at radius 1 is 1.38 bits per heavy atom. The van der Waals surface area contributed by atoms with Gasteiger partial charge in [-0.2, -0.15) is 0 Å². The van der Waals surface area contributed by atoms with Crippen molar-refractivity contribution in [1.82, 2.24) is 4.31 Å². The molecule has 2 N–H and O–H groups in total. The first kappa shape index (κ1) is 13.1. The number of rotatable bonds is 3. The maximum absolute atomic E-state index is 11.8. The van der Waals surface area contributed by atoms with Gasteiger partial charge in [-0.3, -0.25) is 0 Å². The van der Waals surface area contributed by atoms with Crippen LogP contribution in [0.25, 0.3) is 0 Å². The third kappa shape index (κ3) is 2.40. The van der Waals surface area contributed by atoms with Crippen LogP contribution in [-0.2, 0) is 10.0 Å². The number of sulfonamides is 1. The number of aryl methyl sites for hydroxylation is 1. The fourth-order valence-electron chi connectivity index (χ4n) is 1.28. The second-order valence-electron chi connectivity index (χ2n) is 3.63. The van der Waals surface area contributed by atoms with Gasteiger partial charge < -0.3 is 5.73 Å². The lowest BCUT2D eigenvalue weighted by Gasteiger charge is -2.13. The van der Waals surface area contributed by atoms with Gasteiger partial charge in [-0.1, -0.05) is 18.3 Å². The van der Waals surface area contributed by atoms with Crippen molar-refractivity contribution in [2.45, 2.75) is 11.8 Å². The van der Waals surface area contributed by atoms with Crippen molar-refractivity contribution >= 4 is 27.2 Å². The Morgan fingerprint density at radius 2 is 1.94 bits per heavy atom. The van der Waals surface area contributed by atoms with Crippen LogP contribution in [0.15, 0.2) is 23.1 Å². The van der Waals surface area contributed by atoms with E-state index in [1.165, 1.54) is 24.5 Å². The van der Waals surface area contributed by atoms with Gasteiger partial charge in [0.2, 0.25) is 10.0 Å². The fraction of sp³-hybridized carbons (Fsp3) is 0.300. The number of nitrogens with zero attached hydrogens (tertiary/aromatic N) is 1. The van der Waals surface area contributed by atoms with E-state index >= 15 is 0 Å². The molecule has 0 bridgehead atoms. The van der Waals surface area contributed by atoms with Crippen LogP contribution in [0.1, 0.15) is 11.1 Å². The zero-order valence-corrected chi connectivity index (χ0v) is 11.0. The Bertz CT molecular complexity index is 522. The van der Waals surface area contributed by atoms with Crippen molar-refractivity contribution in [2.24, 2.45) is 5.73 Å². The van der Waals surface area contributed by atoms with Crippen molar-refractivity contribution in [3.63, 3.8) is 0 Å². The summed E-state index contributed by atoms with van der Waals surface area (Å²) in [7, 11) is -0.408. The maximum atomic E-state index is 11.8. The largest absolute Gasteiger partial charge is 0.389 e. The van der Waals surface area contributed by atoms with Gasteiger partial charge in [0.1, 0.15) is 4.99 Å². The molecule has 0 amide bonds. The smallest absolute Gasteiger partial charge is 0.242 e. The second-order valence-corrected chi connectivity index (χ2v) is 6.22. The molecule has 0 fully saturated rings. The molecule has 0 heterocycles. The molecule has 0 spiro atoms. The van der Waals surface area contributed by atoms with Gasteiger partial charge in [0.25, 0.3) is 0 Å². The predicted molar refractivity (Wildman–Crippen MR) is 67.9 cm³/mol. The number of nitrogens with two attached hydrogens (primary N) is 1.